The Morgan fingerprint density at radius 2 is 2.41 bits per heavy atom. The van der Waals surface area contributed by atoms with Gasteiger partial charge in [-0.05, 0) is 29.5 Å². The van der Waals surface area contributed by atoms with Crippen LogP contribution in [-0.2, 0) is 15.3 Å². The summed E-state index contributed by atoms with van der Waals surface area (Å²) in [5.41, 5.74) is 0.788. The fourth-order valence-corrected chi connectivity index (χ4v) is 2.48. The molecule has 1 aromatic carbocycles. The first-order valence-electron chi connectivity index (χ1n) is 6.53. The van der Waals surface area contributed by atoms with Crippen LogP contribution in [0.2, 0.25) is 0 Å². The van der Waals surface area contributed by atoms with Crippen LogP contribution in [0, 0.1) is 16.5 Å². The first-order chi connectivity index (χ1) is 10.5. The van der Waals surface area contributed by atoms with Crippen molar-refractivity contribution in [2.75, 3.05) is 18.0 Å². The Balaban J connectivity index is 2.05. The maximum atomic E-state index is 13.9. The van der Waals surface area contributed by atoms with Crippen molar-refractivity contribution in [2.45, 2.75) is 18.8 Å². The molecule has 1 N–H and O–H groups in total. The summed E-state index contributed by atoms with van der Waals surface area (Å²) in [7, 11) is 0. The first-order valence-corrected chi connectivity index (χ1v) is 7.51. The predicted octanol–water partition coefficient (Wildman–Crippen LogP) is 2.00. The minimum absolute atomic E-state index is 0.208. The number of rotatable bonds is 5. The Morgan fingerprint density at radius 3 is 3.05 bits per heavy atom. The van der Waals surface area contributed by atoms with Crippen molar-refractivity contribution in [3.8, 4) is 5.40 Å². The zero-order chi connectivity index (χ0) is 16.1. The van der Waals surface area contributed by atoms with Crippen LogP contribution < -0.4 is 10.2 Å². The Bertz CT molecular complexity index is 632. The number of hydrogen-bond donors (Lipinski definition) is 1. The van der Waals surface area contributed by atoms with Crippen LogP contribution in [0.25, 0.3) is 0 Å². The van der Waals surface area contributed by atoms with Gasteiger partial charge in [0.25, 0.3) is 0 Å². The largest absolute Gasteiger partial charge is 0.442 e. The zero-order valence-electron chi connectivity index (χ0n) is 11.8. The normalized spacial score (nSPS) is 17.0. The molecule has 2 amide bonds. The SMILES string of the molecule is CC(=O)NC[C@H]1CN(c2ccc(CSC#N)c(F)c2)C(=O)O1. The topological polar surface area (TPSA) is 82.4 Å². The predicted molar refractivity (Wildman–Crippen MR) is 79.6 cm³/mol. The molecule has 0 bridgehead atoms. The second-order valence-electron chi connectivity index (χ2n) is 4.71. The lowest BCUT2D eigenvalue weighted by Gasteiger charge is -2.14. The fraction of sp³-hybridized carbons (Fsp3) is 0.357. The zero-order valence-corrected chi connectivity index (χ0v) is 12.7. The van der Waals surface area contributed by atoms with Gasteiger partial charge in [-0.25, -0.2) is 9.18 Å². The summed E-state index contributed by atoms with van der Waals surface area (Å²) in [4.78, 5) is 24.0. The van der Waals surface area contributed by atoms with Gasteiger partial charge in [-0.15, -0.1) is 0 Å². The van der Waals surface area contributed by atoms with Crippen LogP contribution in [0.15, 0.2) is 18.2 Å². The molecule has 1 atom stereocenters. The number of nitrogens with zero attached hydrogens (tertiary/aromatic N) is 2. The molecule has 1 fully saturated rings. The average Bonchev–Trinajstić information content (AvgIpc) is 2.85. The maximum absolute atomic E-state index is 13.9. The first kappa shape index (κ1) is 16.1. The Labute approximate surface area is 131 Å². The van der Waals surface area contributed by atoms with E-state index in [0.29, 0.717) is 11.3 Å². The smallest absolute Gasteiger partial charge is 0.414 e. The number of amides is 2. The summed E-state index contributed by atoms with van der Waals surface area (Å²) in [5.74, 6) is -0.434. The lowest BCUT2D eigenvalue weighted by atomic mass is 10.2. The van der Waals surface area contributed by atoms with Crippen molar-refractivity contribution < 1.29 is 18.7 Å². The van der Waals surface area contributed by atoms with Crippen LogP contribution in [0.1, 0.15) is 12.5 Å². The highest BCUT2D eigenvalue weighted by atomic mass is 32.2. The molecule has 1 aromatic rings. The van der Waals surface area contributed by atoms with Crippen molar-refractivity contribution in [3.05, 3.63) is 29.6 Å². The summed E-state index contributed by atoms with van der Waals surface area (Å²) in [6.45, 7) is 1.84. The second-order valence-corrected chi connectivity index (χ2v) is 5.47. The fourth-order valence-electron chi connectivity index (χ4n) is 2.03. The van der Waals surface area contributed by atoms with Crippen molar-refractivity contribution in [3.63, 3.8) is 0 Å². The summed E-state index contributed by atoms with van der Waals surface area (Å²) in [6.07, 6.45) is -1.04. The molecule has 0 aromatic heterocycles. The number of thioether (sulfide) groups is 1. The number of halogens is 1. The summed E-state index contributed by atoms with van der Waals surface area (Å²) >= 11 is 0.944. The quantitative estimate of drug-likeness (QED) is 0.838. The minimum Gasteiger partial charge on any atom is -0.442 e. The summed E-state index contributed by atoms with van der Waals surface area (Å²) in [6, 6.07) is 4.40. The van der Waals surface area contributed by atoms with Crippen LogP contribution in [-0.4, -0.2) is 31.2 Å². The van der Waals surface area contributed by atoms with E-state index in [1.165, 1.54) is 17.9 Å². The van der Waals surface area contributed by atoms with E-state index in [1.54, 1.807) is 12.1 Å². The monoisotopic (exact) mass is 323 g/mol. The van der Waals surface area contributed by atoms with E-state index in [9.17, 15) is 14.0 Å². The van der Waals surface area contributed by atoms with E-state index in [4.69, 9.17) is 10.00 Å². The Kier molecular flexibility index (Phi) is 5.22. The standard InChI is InChI=1S/C14H14FN3O3S/c1-9(19)17-5-12-6-18(14(20)21-12)11-3-2-10(7-22-8-16)13(15)4-11/h2-4,12H,5-7H2,1H3,(H,17,19)/t12-/m0/s1. The van der Waals surface area contributed by atoms with E-state index in [2.05, 4.69) is 5.32 Å². The number of hydrogen-bond acceptors (Lipinski definition) is 5. The average molecular weight is 323 g/mol. The highest BCUT2D eigenvalue weighted by Gasteiger charge is 2.32. The van der Waals surface area contributed by atoms with Gasteiger partial charge in [0.2, 0.25) is 5.91 Å². The molecule has 0 spiro atoms. The van der Waals surface area contributed by atoms with Crippen molar-refractivity contribution in [2.24, 2.45) is 0 Å². The number of thiocyanates is 1. The van der Waals surface area contributed by atoms with Gasteiger partial charge in [-0.1, -0.05) is 6.07 Å². The molecule has 0 aliphatic carbocycles. The van der Waals surface area contributed by atoms with E-state index in [0.717, 1.165) is 11.8 Å². The van der Waals surface area contributed by atoms with Gasteiger partial charge in [-0.3, -0.25) is 9.69 Å². The number of anilines is 1. The third-order valence-electron chi connectivity index (χ3n) is 3.09. The number of ether oxygens (including phenoxy) is 1. The van der Waals surface area contributed by atoms with Gasteiger partial charge in [0.15, 0.2) is 0 Å². The second kappa shape index (κ2) is 7.13. The van der Waals surface area contributed by atoms with Crippen LogP contribution in [0.4, 0.5) is 14.9 Å². The Hall–Kier alpha value is -2.27. The number of nitrogens with one attached hydrogen (secondary N) is 1. The van der Waals surface area contributed by atoms with Gasteiger partial charge in [-0.2, -0.15) is 5.26 Å². The summed E-state index contributed by atoms with van der Waals surface area (Å²) in [5, 5.41) is 12.9. The van der Waals surface area contributed by atoms with Crippen molar-refractivity contribution >= 4 is 29.4 Å². The lowest BCUT2D eigenvalue weighted by Crippen LogP contribution is -2.33. The number of carbonyl (C=O) groups is 2. The lowest BCUT2D eigenvalue weighted by molar-refractivity contribution is -0.119. The highest BCUT2D eigenvalue weighted by Crippen LogP contribution is 2.25. The van der Waals surface area contributed by atoms with E-state index >= 15 is 0 Å². The molecule has 2 rings (SSSR count). The molecule has 8 heteroatoms. The van der Waals surface area contributed by atoms with Crippen LogP contribution in [0.3, 0.4) is 0 Å². The molecule has 1 aliphatic rings. The number of nitriles is 1. The molecule has 116 valence electrons. The molecule has 0 saturated carbocycles. The van der Waals surface area contributed by atoms with Crippen molar-refractivity contribution in [1.29, 1.82) is 5.26 Å². The third-order valence-corrected chi connectivity index (χ3v) is 3.68. The highest BCUT2D eigenvalue weighted by molar-refractivity contribution is 8.02. The molecule has 6 nitrogen and oxygen atoms in total. The molecule has 0 unspecified atom stereocenters. The summed E-state index contributed by atoms with van der Waals surface area (Å²) < 4.78 is 19.1. The van der Waals surface area contributed by atoms with E-state index < -0.39 is 18.0 Å². The third kappa shape index (κ3) is 3.89. The number of carbonyl (C=O) groups excluding carboxylic acids is 2. The van der Waals surface area contributed by atoms with Crippen LogP contribution >= 0.6 is 11.8 Å². The number of cyclic esters (lactones) is 1. The van der Waals surface area contributed by atoms with E-state index in [1.807, 2.05) is 5.40 Å². The van der Waals surface area contributed by atoms with Gasteiger partial charge in [0, 0.05) is 12.7 Å². The Morgan fingerprint density at radius 1 is 1.64 bits per heavy atom. The molecule has 0 radical (unpaired) electrons. The molecule has 1 aliphatic heterocycles. The molecule has 1 heterocycles. The van der Waals surface area contributed by atoms with Gasteiger partial charge < -0.3 is 10.1 Å². The van der Waals surface area contributed by atoms with Crippen molar-refractivity contribution in [1.82, 2.24) is 5.32 Å². The van der Waals surface area contributed by atoms with Gasteiger partial charge in [0.05, 0.1) is 18.8 Å². The molecular formula is C14H14FN3O3S. The molecule has 22 heavy (non-hydrogen) atoms. The van der Waals surface area contributed by atoms with Crippen LogP contribution in [0.5, 0.6) is 0 Å². The molecule has 1 saturated heterocycles. The maximum Gasteiger partial charge on any atom is 0.414 e. The van der Waals surface area contributed by atoms with Gasteiger partial charge >= 0.3 is 6.09 Å². The molecular weight excluding hydrogens is 309 g/mol. The van der Waals surface area contributed by atoms with Gasteiger partial charge in [0.1, 0.15) is 17.3 Å². The number of benzene rings is 1. The minimum atomic E-state index is -0.575. The van der Waals surface area contributed by atoms with E-state index in [-0.39, 0.29) is 24.7 Å².